The number of hydrazone groups is 1. The van der Waals surface area contributed by atoms with Crippen LogP contribution in [0.15, 0.2) is 71.7 Å². The van der Waals surface area contributed by atoms with Crippen LogP contribution in [0.3, 0.4) is 0 Å². The van der Waals surface area contributed by atoms with E-state index < -0.39 is 6.04 Å². The standard InChI is InChI=1S/C24H29N7O3/c1-17-6-9-19(10-7-17)29-23(18-8-11-20(34-14-13-26)21(15-18)33-3)24(28-16-32)30-31(2)22(27)5-4-12-25/h4-12,15-16,23,29H,14,25,27H2,1-3H3,(H,28,30,32)/b12-4-,22-5+. The molecule has 34 heavy (non-hydrogen) atoms. The molecule has 0 heterocycles. The third kappa shape index (κ3) is 7.20. The molecule has 0 aliphatic carbocycles. The Morgan fingerprint density at radius 2 is 2.00 bits per heavy atom. The molecule has 0 bridgehead atoms. The predicted molar refractivity (Wildman–Crippen MR) is 132 cm³/mol. The molecule has 10 nitrogen and oxygen atoms in total. The maximum Gasteiger partial charge on any atom is 0.212 e. The number of nitrogens with two attached hydrogens (primary N) is 2. The van der Waals surface area contributed by atoms with E-state index in [4.69, 9.17) is 26.2 Å². The van der Waals surface area contributed by atoms with Gasteiger partial charge in [-0.05, 0) is 55.1 Å². The molecule has 2 aromatic rings. The summed E-state index contributed by atoms with van der Waals surface area (Å²) in [5.41, 5.74) is 14.0. The highest BCUT2D eigenvalue weighted by molar-refractivity contribution is 5.97. The molecule has 6 N–H and O–H groups in total. The van der Waals surface area contributed by atoms with Gasteiger partial charge in [-0.15, -0.1) is 0 Å². The van der Waals surface area contributed by atoms with Gasteiger partial charge in [0.05, 0.1) is 7.11 Å². The Bertz CT molecular complexity index is 1090. The molecule has 1 amide bonds. The third-order valence-corrected chi connectivity index (χ3v) is 4.67. The first-order valence-electron chi connectivity index (χ1n) is 10.3. The molecule has 0 aromatic heterocycles. The highest BCUT2D eigenvalue weighted by atomic mass is 16.5. The molecule has 0 saturated carbocycles. The van der Waals surface area contributed by atoms with Crippen LogP contribution in [0.5, 0.6) is 11.5 Å². The Morgan fingerprint density at radius 1 is 1.26 bits per heavy atom. The molecular weight excluding hydrogens is 434 g/mol. The van der Waals surface area contributed by atoms with Gasteiger partial charge in [-0.2, -0.15) is 10.4 Å². The van der Waals surface area contributed by atoms with Gasteiger partial charge >= 0.3 is 0 Å². The van der Waals surface area contributed by atoms with Gasteiger partial charge < -0.3 is 31.6 Å². The number of nitrogens with zero attached hydrogens (tertiary/aromatic N) is 3. The molecule has 0 saturated heterocycles. The third-order valence-electron chi connectivity index (χ3n) is 4.67. The van der Waals surface area contributed by atoms with Crippen molar-refractivity contribution in [1.29, 1.82) is 5.26 Å². The summed E-state index contributed by atoms with van der Waals surface area (Å²) in [5, 5.41) is 20.8. The number of hydrogen-bond donors (Lipinski definition) is 4. The van der Waals surface area contributed by atoms with Gasteiger partial charge in [0.25, 0.3) is 0 Å². The number of carbonyl (C=O) groups excluding carboxylic acids is 1. The number of carbonyl (C=O) groups is 1. The van der Waals surface area contributed by atoms with E-state index in [0.29, 0.717) is 29.3 Å². The normalized spacial score (nSPS) is 12.5. The second-order valence-corrected chi connectivity index (χ2v) is 7.05. The minimum absolute atomic E-state index is 0.117. The minimum atomic E-state index is -0.605. The van der Waals surface area contributed by atoms with E-state index >= 15 is 0 Å². The van der Waals surface area contributed by atoms with Crippen LogP contribution in [0.25, 0.3) is 0 Å². The average molecular weight is 464 g/mol. The topological polar surface area (TPSA) is 151 Å². The molecule has 0 fully saturated rings. The molecule has 1 atom stereocenters. The zero-order chi connectivity index (χ0) is 24.9. The van der Waals surface area contributed by atoms with Crippen molar-refractivity contribution in [3.05, 3.63) is 77.8 Å². The molecule has 10 heteroatoms. The van der Waals surface area contributed by atoms with Crippen molar-refractivity contribution in [2.45, 2.75) is 13.0 Å². The second-order valence-electron chi connectivity index (χ2n) is 7.05. The van der Waals surface area contributed by atoms with E-state index in [9.17, 15) is 4.79 Å². The van der Waals surface area contributed by atoms with Gasteiger partial charge in [0.15, 0.2) is 23.9 Å². The predicted octanol–water partition coefficient (Wildman–Crippen LogP) is 2.32. The van der Waals surface area contributed by atoms with Crippen molar-refractivity contribution in [3.63, 3.8) is 0 Å². The van der Waals surface area contributed by atoms with Crippen molar-refractivity contribution < 1.29 is 14.3 Å². The van der Waals surface area contributed by atoms with Crippen LogP contribution in [0, 0.1) is 18.3 Å². The lowest BCUT2D eigenvalue weighted by atomic mass is 10.0. The average Bonchev–Trinajstić information content (AvgIpc) is 2.85. The summed E-state index contributed by atoms with van der Waals surface area (Å²) in [5.74, 6) is 1.43. The summed E-state index contributed by atoms with van der Waals surface area (Å²) in [4.78, 5) is 11.5. The number of anilines is 1. The van der Waals surface area contributed by atoms with E-state index in [1.807, 2.05) is 37.3 Å². The van der Waals surface area contributed by atoms with Gasteiger partial charge in [0.1, 0.15) is 17.9 Å². The van der Waals surface area contributed by atoms with Crippen molar-refractivity contribution in [1.82, 2.24) is 10.3 Å². The molecule has 2 aromatic carbocycles. The molecule has 0 spiro atoms. The number of ether oxygens (including phenoxy) is 2. The van der Waals surface area contributed by atoms with Crippen LogP contribution in [-0.4, -0.2) is 38.0 Å². The zero-order valence-electron chi connectivity index (χ0n) is 19.4. The van der Waals surface area contributed by atoms with Crippen molar-refractivity contribution in [3.8, 4) is 17.6 Å². The van der Waals surface area contributed by atoms with Gasteiger partial charge in [-0.3, -0.25) is 9.80 Å². The number of amides is 1. The second kappa shape index (κ2) is 13.0. The first-order valence-corrected chi connectivity index (χ1v) is 10.3. The SMILES string of the molecule is COc1cc(C(Nc2ccc(C)cc2)/C(=N/N(C)/C(N)=C/C=C\N)NC=O)ccc1OCC#N. The fourth-order valence-corrected chi connectivity index (χ4v) is 2.93. The smallest absolute Gasteiger partial charge is 0.212 e. The highest BCUT2D eigenvalue weighted by Crippen LogP contribution is 2.32. The van der Waals surface area contributed by atoms with E-state index in [1.165, 1.54) is 18.3 Å². The number of allylic oxidation sites excluding steroid dienone is 2. The zero-order valence-corrected chi connectivity index (χ0v) is 19.4. The lowest BCUT2D eigenvalue weighted by Crippen LogP contribution is -2.35. The Labute approximate surface area is 199 Å². The molecule has 0 aliphatic heterocycles. The van der Waals surface area contributed by atoms with E-state index in [0.717, 1.165) is 11.3 Å². The van der Waals surface area contributed by atoms with Crippen LogP contribution in [0.2, 0.25) is 0 Å². The van der Waals surface area contributed by atoms with Crippen LogP contribution in [0.1, 0.15) is 17.2 Å². The molecular formula is C24H29N7O3. The van der Waals surface area contributed by atoms with Crippen LogP contribution < -0.4 is 31.6 Å². The van der Waals surface area contributed by atoms with Crippen molar-refractivity contribution in [2.24, 2.45) is 16.6 Å². The summed E-state index contributed by atoms with van der Waals surface area (Å²) in [6.45, 7) is 1.88. The fraction of sp³-hybridized carbons (Fsp3) is 0.208. The Kier molecular flexibility index (Phi) is 9.81. The number of methoxy groups -OCH3 is 1. The van der Waals surface area contributed by atoms with Gasteiger partial charge in [-0.1, -0.05) is 23.8 Å². The molecule has 1 unspecified atom stereocenters. The van der Waals surface area contributed by atoms with Crippen LogP contribution in [-0.2, 0) is 4.79 Å². The summed E-state index contributed by atoms with van der Waals surface area (Å²) in [6, 6.07) is 14.3. The number of amidine groups is 1. The summed E-state index contributed by atoms with van der Waals surface area (Å²) in [6.07, 6.45) is 5.03. The summed E-state index contributed by atoms with van der Waals surface area (Å²) in [7, 11) is 3.15. The summed E-state index contributed by atoms with van der Waals surface area (Å²) >= 11 is 0. The van der Waals surface area contributed by atoms with Crippen LogP contribution >= 0.6 is 0 Å². The monoisotopic (exact) mass is 463 g/mol. The Morgan fingerprint density at radius 3 is 2.62 bits per heavy atom. The number of rotatable bonds is 11. The van der Waals surface area contributed by atoms with E-state index in [2.05, 4.69) is 15.7 Å². The molecule has 178 valence electrons. The largest absolute Gasteiger partial charge is 0.493 e. The molecule has 2 rings (SSSR count). The quantitative estimate of drug-likeness (QED) is 0.130. The fourth-order valence-electron chi connectivity index (χ4n) is 2.93. The lowest BCUT2D eigenvalue weighted by molar-refractivity contribution is -0.108. The number of nitriles is 1. The van der Waals surface area contributed by atoms with Gasteiger partial charge in [0.2, 0.25) is 6.41 Å². The molecule has 0 aliphatic rings. The molecule has 0 radical (unpaired) electrons. The highest BCUT2D eigenvalue weighted by Gasteiger charge is 2.22. The maximum absolute atomic E-state index is 11.5. The van der Waals surface area contributed by atoms with Gasteiger partial charge in [-0.25, -0.2) is 0 Å². The van der Waals surface area contributed by atoms with E-state index in [1.54, 1.807) is 37.4 Å². The maximum atomic E-state index is 11.5. The first-order chi connectivity index (χ1) is 16.4. The lowest BCUT2D eigenvalue weighted by Gasteiger charge is -2.25. The summed E-state index contributed by atoms with van der Waals surface area (Å²) < 4.78 is 10.9. The van der Waals surface area contributed by atoms with Crippen molar-refractivity contribution in [2.75, 3.05) is 26.1 Å². The first kappa shape index (κ1) is 25.6. The number of aryl methyl sites for hydroxylation is 1. The number of benzene rings is 2. The van der Waals surface area contributed by atoms with Gasteiger partial charge in [0, 0.05) is 12.7 Å². The Balaban J connectivity index is 2.56. The van der Waals surface area contributed by atoms with Crippen LogP contribution in [0.4, 0.5) is 5.69 Å². The number of nitrogens with one attached hydrogen (secondary N) is 2. The van der Waals surface area contributed by atoms with Crippen molar-refractivity contribution >= 4 is 17.9 Å². The van der Waals surface area contributed by atoms with E-state index in [-0.39, 0.29) is 12.4 Å². The Hall–Kier alpha value is -4.65. The number of hydrogen-bond acceptors (Lipinski definition) is 9. The minimum Gasteiger partial charge on any atom is -0.493 e.